The summed E-state index contributed by atoms with van der Waals surface area (Å²) < 4.78 is 5.77. The van der Waals surface area contributed by atoms with Gasteiger partial charge < -0.3 is 9.73 Å². The molecule has 1 aromatic heterocycles. The molecule has 2 aliphatic rings. The third-order valence-electron chi connectivity index (χ3n) is 3.66. The van der Waals surface area contributed by atoms with E-state index in [2.05, 4.69) is 10.3 Å². The van der Waals surface area contributed by atoms with Crippen LogP contribution in [0.15, 0.2) is 10.6 Å². The minimum Gasteiger partial charge on any atom is -0.445 e. The Morgan fingerprint density at radius 1 is 1.31 bits per heavy atom. The number of hydrogen-bond donors (Lipinski definition) is 1. The Hall–Kier alpha value is -0.830. The number of hydrogen-bond acceptors (Lipinski definition) is 3. The van der Waals surface area contributed by atoms with E-state index in [1.807, 2.05) is 6.20 Å². The average Bonchev–Trinajstić information content (AvgIpc) is 2.92. The van der Waals surface area contributed by atoms with Gasteiger partial charge in [-0.3, -0.25) is 0 Å². The molecule has 16 heavy (non-hydrogen) atoms. The fourth-order valence-electron chi connectivity index (χ4n) is 2.15. The van der Waals surface area contributed by atoms with Gasteiger partial charge >= 0.3 is 0 Å². The third kappa shape index (κ3) is 2.46. The fourth-order valence-corrected chi connectivity index (χ4v) is 2.15. The van der Waals surface area contributed by atoms with Crippen LogP contribution < -0.4 is 5.32 Å². The summed E-state index contributed by atoms with van der Waals surface area (Å²) in [6.07, 6.45) is 10.7. The summed E-state index contributed by atoms with van der Waals surface area (Å²) in [7, 11) is 0. The van der Waals surface area contributed by atoms with Crippen molar-refractivity contribution >= 4 is 0 Å². The van der Waals surface area contributed by atoms with Crippen molar-refractivity contribution in [1.29, 1.82) is 0 Å². The van der Waals surface area contributed by atoms with Gasteiger partial charge in [-0.15, -0.1) is 0 Å². The topological polar surface area (TPSA) is 38.1 Å². The minimum atomic E-state index is 0.672. The first-order valence-electron chi connectivity index (χ1n) is 6.60. The van der Waals surface area contributed by atoms with Gasteiger partial charge in [0.2, 0.25) is 0 Å². The van der Waals surface area contributed by atoms with Crippen LogP contribution in [0.3, 0.4) is 0 Å². The van der Waals surface area contributed by atoms with Crippen molar-refractivity contribution in [1.82, 2.24) is 10.3 Å². The van der Waals surface area contributed by atoms with Crippen molar-refractivity contribution in [2.24, 2.45) is 0 Å². The highest BCUT2D eigenvalue weighted by molar-refractivity contribution is 5.05. The summed E-state index contributed by atoms with van der Waals surface area (Å²) in [5.74, 6) is 2.72. The highest BCUT2D eigenvalue weighted by Gasteiger charge is 2.23. The lowest BCUT2D eigenvalue weighted by Crippen LogP contribution is -2.17. The molecule has 3 nitrogen and oxygen atoms in total. The van der Waals surface area contributed by atoms with E-state index in [0.29, 0.717) is 5.92 Å². The van der Waals surface area contributed by atoms with Gasteiger partial charge in [-0.1, -0.05) is 6.42 Å². The standard InChI is InChI=1S/C13H20N2O/c1-3-10(4-1)12-9-15-13(16-12)5-2-8-14-11-6-7-11/h9-11,14H,1-8H2. The molecule has 1 N–H and O–H groups in total. The van der Waals surface area contributed by atoms with E-state index in [1.54, 1.807) is 0 Å². The Morgan fingerprint density at radius 3 is 2.88 bits per heavy atom. The number of oxazole rings is 1. The fraction of sp³-hybridized carbons (Fsp3) is 0.769. The van der Waals surface area contributed by atoms with E-state index < -0.39 is 0 Å². The first-order valence-corrected chi connectivity index (χ1v) is 6.60. The second-order valence-corrected chi connectivity index (χ2v) is 5.12. The molecular weight excluding hydrogens is 200 g/mol. The average molecular weight is 220 g/mol. The van der Waals surface area contributed by atoms with Crippen molar-refractivity contribution in [3.63, 3.8) is 0 Å². The summed E-state index contributed by atoms with van der Waals surface area (Å²) in [5.41, 5.74) is 0. The molecule has 0 unspecified atom stereocenters. The summed E-state index contributed by atoms with van der Waals surface area (Å²) in [4.78, 5) is 4.36. The number of rotatable bonds is 6. The highest BCUT2D eigenvalue weighted by atomic mass is 16.4. The smallest absolute Gasteiger partial charge is 0.194 e. The minimum absolute atomic E-state index is 0.672. The van der Waals surface area contributed by atoms with Gasteiger partial charge in [-0.05, 0) is 38.6 Å². The van der Waals surface area contributed by atoms with Crippen LogP contribution in [-0.2, 0) is 6.42 Å². The van der Waals surface area contributed by atoms with Gasteiger partial charge in [-0.2, -0.15) is 0 Å². The zero-order chi connectivity index (χ0) is 10.8. The molecule has 0 radical (unpaired) electrons. The second-order valence-electron chi connectivity index (χ2n) is 5.12. The lowest BCUT2D eigenvalue weighted by atomic mass is 9.84. The quantitative estimate of drug-likeness (QED) is 0.749. The molecule has 1 aromatic rings. The first kappa shape index (κ1) is 10.3. The summed E-state index contributed by atoms with van der Waals surface area (Å²) in [6.45, 7) is 1.10. The van der Waals surface area contributed by atoms with Crippen molar-refractivity contribution in [3.8, 4) is 0 Å². The number of aromatic nitrogens is 1. The van der Waals surface area contributed by atoms with Crippen LogP contribution in [0.4, 0.5) is 0 Å². The molecule has 3 rings (SSSR count). The zero-order valence-electron chi connectivity index (χ0n) is 9.74. The molecule has 0 spiro atoms. The van der Waals surface area contributed by atoms with Gasteiger partial charge in [0.25, 0.3) is 0 Å². The van der Waals surface area contributed by atoms with Gasteiger partial charge in [0.15, 0.2) is 5.89 Å². The van der Waals surface area contributed by atoms with Crippen LogP contribution >= 0.6 is 0 Å². The first-order chi connectivity index (χ1) is 7.92. The largest absolute Gasteiger partial charge is 0.445 e. The molecule has 0 amide bonds. The lowest BCUT2D eigenvalue weighted by molar-refractivity contribution is 0.333. The van der Waals surface area contributed by atoms with Crippen LogP contribution in [0.25, 0.3) is 0 Å². The maximum atomic E-state index is 5.77. The van der Waals surface area contributed by atoms with Crippen molar-refractivity contribution in [3.05, 3.63) is 17.8 Å². The van der Waals surface area contributed by atoms with E-state index in [1.165, 1.54) is 32.1 Å². The highest BCUT2D eigenvalue weighted by Crippen LogP contribution is 2.36. The van der Waals surface area contributed by atoms with Gasteiger partial charge in [0.1, 0.15) is 5.76 Å². The molecular formula is C13H20N2O. The Morgan fingerprint density at radius 2 is 2.19 bits per heavy atom. The van der Waals surface area contributed by atoms with Crippen molar-refractivity contribution in [2.75, 3.05) is 6.54 Å². The molecule has 2 fully saturated rings. The van der Waals surface area contributed by atoms with E-state index in [0.717, 1.165) is 37.1 Å². The van der Waals surface area contributed by atoms with Crippen LogP contribution in [0.2, 0.25) is 0 Å². The van der Waals surface area contributed by atoms with Gasteiger partial charge in [-0.25, -0.2) is 4.98 Å². The second kappa shape index (κ2) is 4.58. The molecule has 88 valence electrons. The third-order valence-corrected chi connectivity index (χ3v) is 3.66. The van der Waals surface area contributed by atoms with E-state index in [-0.39, 0.29) is 0 Å². The molecule has 0 atom stereocenters. The van der Waals surface area contributed by atoms with Crippen LogP contribution in [0, 0.1) is 0 Å². The lowest BCUT2D eigenvalue weighted by Gasteiger charge is -2.22. The van der Waals surface area contributed by atoms with E-state index >= 15 is 0 Å². The zero-order valence-corrected chi connectivity index (χ0v) is 9.74. The molecule has 2 saturated carbocycles. The predicted octanol–water partition coefficient (Wildman–Crippen LogP) is 2.63. The van der Waals surface area contributed by atoms with Crippen molar-refractivity contribution in [2.45, 2.75) is 56.9 Å². The summed E-state index contributed by atoms with van der Waals surface area (Å²) in [6, 6.07) is 0.815. The predicted molar refractivity (Wildman–Crippen MR) is 62.4 cm³/mol. The molecule has 1 heterocycles. The van der Waals surface area contributed by atoms with Crippen LogP contribution in [0.1, 0.15) is 56.1 Å². The maximum Gasteiger partial charge on any atom is 0.194 e. The molecule has 2 aliphatic carbocycles. The molecule has 0 aromatic carbocycles. The Kier molecular flexibility index (Phi) is 2.96. The Bertz CT molecular complexity index is 339. The van der Waals surface area contributed by atoms with E-state index in [9.17, 15) is 0 Å². The number of aryl methyl sites for hydroxylation is 1. The van der Waals surface area contributed by atoms with Crippen LogP contribution in [0.5, 0.6) is 0 Å². The van der Waals surface area contributed by atoms with Crippen molar-refractivity contribution < 1.29 is 4.42 Å². The monoisotopic (exact) mass is 220 g/mol. The Balaban J connectivity index is 1.40. The molecule has 3 heteroatoms. The van der Waals surface area contributed by atoms with Gasteiger partial charge in [0, 0.05) is 18.4 Å². The summed E-state index contributed by atoms with van der Waals surface area (Å²) >= 11 is 0. The number of nitrogens with zero attached hydrogens (tertiary/aromatic N) is 1. The normalized spacial score (nSPS) is 21.0. The maximum absolute atomic E-state index is 5.77. The Labute approximate surface area is 96.6 Å². The number of nitrogens with one attached hydrogen (secondary N) is 1. The molecule has 0 aliphatic heterocycles. The molecule has 0 saturated heterocycles. The summed E-state index contributed by atoms with van der Waals surface area (Å²) in [5, 5.41) is 3.51. The molecule has 0 bridgehead atoms. The van der Waals surface area contributed by atoms with Crippen LogP contribution in [-0.4, -0.2) is 17.6 Å². The SMILES string of the molecule is c1nc(CCCNC2CC2)oc1C1CCC1. The van der Waals surface area contributed by atoms with E-state index in [4.69, 9.17) is 4.42 Å². The van der Waals surface area contributed by atoms with Gasteiger partial charge in [0.05, 0.1) is 6.20 Å².